The number of rotatable bonds is 6. The molecule has 0 unspecified atom stereocenters. The Bertz CT molecular complexity index is 1340. The zero-order valence-corrected chi connectivity index (χ0v) is 22.3. The second kappa shape index (κ2) is 13.7. The maximum Gasteiger partial charge on any atom is 1.00 e. The number of phenolic OH excluding ortho intramolecular Hbond substituents is 1. The van der Waals surface area contributed by atoms with E-state index in [1.54, 1.807) is 12.1 Å². The maximum atomic E-state index is 11.3. The Morgan fingerprint density at radius 3 is 2.29 bits per heavy atom. The normalized spacial score (nSPS) is 10.9. The molecule has 0 atom stereocenters. The average Bonchev–Trinajstić information content (AvgIpc) is 2.72. The number of carboxylic acids is 1. The van der Waals surface area contributed by atoms with Crippen molar-refractivity contribution >= 4 is 51.0 Å². The van der Waals surface area contributed by atoms with Crippen molar-refractivity contribution in [2.45, 2.75) is 4.90 Å². The van der Waals surface area contributed by atoms with Crippen LogP contribution in [0.2, 0.25) is 5.02 Å². The van der Waals surface area contributed by atoms with Crippen LogP contribution in [0.3, 0.4) is 0 Å². The molecule has 0 aliphatic rings. The van der Waals surface area contributed by atoms with Gasteiger partial charge in [-0.3, -0.25) is 9.55 Å². The van der Waals surface area contributed by atoms with Crippen molar-refractivity contribution in [3.05, 3.63) is 76.8 Å². The van der Waals surface area contributed by atoms with Crippen LogP contribution in [0, 0.1) is 0 Å². The summed E-state index contributed by atoms with van der Waals surface area (Å²) in [6, 6.07) is 13.8. The number of carbonyl (C=O) groups is 1. The average molecular weight is 553 g/mol. The first-order valence-corrected chi connectivity index (χ1v) is 10.3. The summed E-state index contributed by atoms with van der Waals surface area (Å²) in [7, 11) is -4.43. The van der Waals surface area contributed by atoms with Crippen LogP contribution in [0.15, 0.2) is 80.8 Å². The van der Waals surface area contributed by atoms with E-state index in [4.69, 9.17) is 16.2 Å². The van der Waals surface area contributed by atoms with Crippen LogP contribution in [-0.4, -0.2) is 40.8 Å². The Labute approximate surface area is 232 Å². The smallest absolute Gasteiger partial charge is 0.507 e. The van der Waals surface area contributed by atoms with Crippen molar-refractivity contribution in [1.82, 2.24) is 0 Å². The Hall–Kier alpha value is -2.11. The molecular formula is C20H16ClCrN3NaO7S+. The van der Waals surface area contributed by atoms with Gasteiger partial charge in [-0.25, -0.2) is 4.79 Å². The second-order valence-electron chi connectivity index (χ2n) is 6.11. The molecule has 0 heterocycles. The number of carboxylic acid groups (broad SMARTS) is 1. The molecule has 3 aromatic carbocycles. The number of para-hydroxylation sites is 1. The molecule has 14 heteroatoms. The predicted molar refractivity (Wildman–Crippen MR) is 118 cm³/mol. The van der Waals surface area contributed by atoms with Crippen molar-refractivity contribution in [3.63, 3.8) is 0 Å². The molecule has 0 amide bonds. The minimum Gasteiger partial charge on any atom is -0.507 e. The minimum atomic E-state index is -4.43. The van der Waals surface area contributed by atoms with Gasteiger partial charge >= 0.3 is 35.5 Å². The van der Waals surface area contributed by atoms with E-state index >= 15 is 0 Å². The van der Waals surface area contributed by atoms with Crippen LogP contribution in [0.1, 0.15) is 15.9 Å². The van der Waals surface area contributed by atoms with Crippen LogP contribution >= 0.6 is 11.6 Å². The molecule has 0 bridgehead atoms. The van der Waals surface area contributed by atoms with Gasteiger partial charge in [-0.15, -0.1) is 5.11 Å². The summed E-state index contributed by atoms with van der Waals surface area (Å²) >= 11 is 5.99. The van der Waals surface area contributed by atoms with E-state index in [0.717, 1.165) is 12.1 Å². The van der Waals surface area contributed by atoms with Gasteiger partial charge in [0.25, 0.3) is 10.1 Å². The number of hydrogen-bond acceptors (Lipinski definition) is 7. The van der Waals surface area contributed by atoms with Crippen molar-refractivity contribution < 1.29 is 80.4 Å². The molecular weight excluding hydrogens is 537 g/mol. The van der Waals surface area contributed by atoms with E-state index in [2.05, 4.69) is 15.2 Å². The van der Waals surface area contributed by atoms with Crippen LogP contribution in [0.4, 0.5) is 17.1 Å². The quantitative estimate of drug-likeness (QED) is 0.179. The second-order valence-corrected chi connectivity index (χ2v) is 7.94. The van der Waals surface area contributed by atoms with E-state index < -0.39 is 16.1 Å². The summed E-state index contributed by atoms with van der Waals surface area (Å²) in [5, 5.41) is 27.2. The van der Waals surface area contributed by atoms with Gasteiger partial charge < -0.3 is 15.7 Å². The van der Waals surface area contributed by atoms with Crippen molar-refractivity contribution in [3.8, 4) is 5.75 Å². The third-order valence-electron chi connectivity index (χ3n) is 3.98. The summed E-state index contributed by atoms with van der Waals surface area (Å²) in [5.41, 5.74) is 0.738. The minimum absolute atomic E-state index is 0. The van der Waals surface area contributed by atoms with E-state index in [1.165, 1.54) is 42.6 Å². The zero-order valence-electron chi connectivity index (χ0n) is 17.5. The fourth-order valence-corrected chi connectivity index (χ4v) is 3.11. The summed E-state index contributed by atoms with van der Waals surface area (Å²) in [4.78, 5) is 15.0. The van der Waals surface area contributed by atoms with Gasteiger partial charge in [0.15, 0.2) is 0 Å². The van der Waals surface area contributed by atoms with E-state index in [0.29, 0.717) is 0 Å². The fraction of sp³-hybridized carbons (Fsp3) is 0. The number of aliphatic imine (C=N–C) groups is 1. The van der Waals surface area contributed by atoms with E-state index in [1.807, 2.05) is 0 Å². The number of benzene rings is 3. The predicted octanol–water partition coefficient (Wildman–Crippen LogP) is 1.33. The van der Waals surface area contributed by atoms with Gasteiger partial charge in [-0.2, -0.15) is 13.5 Å². The third kappa shape index (κ3) is 8.28. The Balaban J connectivity index is 0.00000363. The Morgan fingerprint density at radius 2 is 1.65 bits per heavy atom. The molecule has 0 aromatic heterocycles. The standard InChI is InChI=1S/C20H14ClN3O6S.Cr.Na.H2O/c21-16-7-6-14(31(28,29)30)10-18(16)24-23-13-5-8-19(25)12(9-13)11-22-17-4-2-1-3-15(17)20(26)27;;;/h1-11,25H,(H,26,27)(H,28,29,30);;;1H2/q;;+1;. The maximum absolute atomic E-state index is 11.3. The van der Waals surface area contributed by atoms with Gasteiger partial charge in [0, 0.05) is 29.1 Å². The van der Waals surface area contributed by atoms with E-state index in [9.17, 15) is 23.4 Å². The van der Waals surface area contributed by atoms with Crippen LogP contribution in [0.5, 0.6) is 5.75 Å². The topological polar surface area (TPSA) is 180 Å². The number of aromatic carboxylic acids is 1. The van der Waals surface area contributed by atoms with Gasteiger partial charge in [-0.1, -0.05) is 23.7 Å². The van der Waals surface area contributed by atoms with Crippen molar-refractivity contribution in [2.75, 3.05) is 0 Å². The molecule has 3 rings (SSSR count). The van der Waals surface area contributed by atoms with Crippen molar-refractivity contribution in [2.24, 2.45) is 15.2 Å². The molecule has 0 saturated carbocycles. The number of nitrogens with zero attached hydrogens (tertiary/aromatic N) is 3. The molecule has 0 radical (unpaired) electrons. The fourth-order valence-electron chi connectivity index (χ4n) is 2.45. The third-order valence-corrected chi connectivity index (χ3v) is 5.15. The first kappa shape index (κ1) is 31.9. The molecule has 172 valence electrons. The van der Waals surface area contributed by atoms with Crippen molar-refractivity contribution in [1.29, 1.82) is 0 Å². The number of hydrogen-bond donors (Lipinski definition) is 3. The molecule has 5 N–H and O–H groups in total. The first-order valence-electron chi connectivity index (χ1n) is 8.53. The number of aromatic hydroxyl groups is 1. The zero-order chi connectivity index (χ0) is 22.6. The summed E-state index contributed by atoms with van der Waals surface area (Å²) in [6.07, 6.45) is 1.28. The van der Waals surface area contributed by atoms with E-state index in [-0.39, 0.29) is 96.3 Å². The molecule has 0 aliphatic heterocycles. The first-order chi connectivity index (χ1) is 14.6. The summed E-state index contributed by atoms with van der Waals surface area (Å²) < 4.78 is 31.7. The Kier molecular flexibility index (Phi) is 12.8. The molecule has 0 fully saturated rings. The molecule has 34 heavy (non-hydrogen) atoms. The summed E-state index contributed by atoms with van der Waals surface area (Å²) in [6.45, 7) is 0. The molecule has 3 aromatic rings. The number of azo groups is 1. The van der Waals surface area contributed by atoms with Gasteiger partial charge in [0.1, 0.15) is 11.4 Å². The van der Waals surface area contributed by atoms with Gasteiger partial charge in [0.2, 0.25) is 0 Å². The monoisotopic (exact) mass is 552 g/mol. The van der Waals surface area contributed by atoms with Crippen LogP contribution < -0.4 is 29.6 Å². The van der Waals surface area contributed by atoms with Gasteiger partial charge in [-0.05, 0) is 48.5 Å². The van der Waals surface area contributed by atoms with Crippen LogP contribution in [-0.2, 0) is 27.5 Å². The SMILES string of the molecule is O.O=C(O)c1ccccc1N=Cc1cc(N=Nc2cc(S(=O)(=O)O)ccc2Cl)ccc1O.[Cr].[Na+]. The molecule has 10 nitrogen and oxygen atoms in total. The molecule has 0 spiro atoms. The Morgan fingerprint density at radius 1 is 0.971 bits per heavy atom. The number of phenols is 1. The van der Waals surface area contributed by atoms with Crippen LogP contribution in [0.25, 0.3) is 0 Å². The van der Waals surface area contributed by atoms with Gasteiger partial charge in [0.05, 0.1) is 26.9 Å². The number of halogens is 1. The summed E-state index contributed by atoms with van der Waals surface area (Å²) in [5.74, 6) is -1.26. The largest absolute Gasteiger partial charge is 1.00 e. The molecule has 0 saturated heterocycles. The molecule has 0 aliphatic carbocycles.